The Hall–Kier alpha value is -3.09. The van der Waals surface area contributed by atoms with Crippen molar-refractivity contribution in [2.75, 3.05) is 30.9 Å². The van der Waals surface area contributed by atoms with E-state index in [2.05, 4.69) is 10.6 Å². The topological polar surface area (TPSA) is 64.7 Å². The van der Waals surface area contributed by atoms with Crippen LogP contribution in [0.1, 0.15) is 43.1 Å². The highest BCUT2D eigenvalue weighted by atomic mass is 19.1. The second-order valence-electron chi connectivity index (χ2n) is 7.42. The van der Waals surface area contributed by atoms with Crippen LogP contribution in [0.2, 0.25) is 0 Å². The van der Waals surface area contributed by atoms with Crippen LogP contribution < -0.4 is 15.5 Å². The maximum Gasteiger partial charge on any atom is 0.319 e. The minimum atomic E-state index is -0.374. The number of anilines is 2. The Bertz CT molecular complexity index is 868. The predicted octanol–water partition coefficient (Wildman–Crippen LogP) is 4.47. The van der Waals surface area contributed by atoms with Crippen LogP contribution in [0.25, 0.3) is 0 Å². The van der Waals surface area contributed by atoms with Gasteiger partial charge in [0.2, 0.25) is 0 Å². The molecule has 0 aliphatic heterocycles. The lowest BCUT2D eigenvalue weighted by Crippen LogP contribution is -2.38. The van der Waals surface area contributed by atoms with Gasteiger partial charge in [0.05, 0.1) is 0 Å². The molecule has 0 aliphatic carbocycles. The van der Waals surface area contributed by atoms with Gasteiger partial charge in [0.25, 0.3) is 5.91 Å². The minimum absolute atomic E-state index is 0.0161. The van der Waals surface area contributed by atoms with Gasteiger partial charge in [0, 0.05) is 50.2 Å². The summed E-state index contributed by atoms with van der Waals surface area (Å²) in [4.78, 5) is 28.9. The van der Waals surface area contributed by atoms with E-state index in [9.17, 15) is 14.0 Å². The van der Waals surface area contributed by atoms with Crippen LogP contribution in [0.5, 0.6) is 0 Å². The van der Waals surface area contributed by atoms with E-state index >= 15 is 0 Å². The number of rotatable bonds is 8. The molecule has 0 heterocycles. The van der Waals surface area contributed by atoms with Crippen LogP contribution >= 0.6 is 0 Å². The lowest BCUT2D eigenvalue weighted by Gasteiger charge is -2.31. The molecule has 30 heavy (non-hydrogen) atoms. The molecule has 0 saturated carbocycles. The van der Waals surface area contributed by atoms with Crippen molar-refractivity contribution in [2.24, 2.45) is 0 Å². The van der Waals surface area contributed by atoms with Gasteiger partial charge in [-0.25, -0.2) is 9.18 Å². The van der Waals surface area contributed by atoms with E-state index in [-0.39, 0.29) is 23.8 Å². The summed E-state index contributed by atoms with van der Waals surface area (Å²) in [5, 5.41) is 5.53. The van der Waals surface area contributed by atoms with Crippen molar-refractivity contribution in [1.82, 2.24) is 10.2 Å². The van der Waals surface area contributed by atoms with Crippen molar-refractivity contribution < 1.29 is 14.0 Å². The van der Waals surface area contributed by atoms with Gasteiger partial charge in [-0.2, -0.15) is 0 Å². The molecule has 0 aromatic heterocycles. The molecule has 0 bridgehead atoms. The number of nitrogens with one attached hydrogen (secondary N) is 2. The molecule has 0 fully saturated rings. The second kappa shape index (κ2) is 10.6. The lowest BCUT2D eigenvalue weighted by atomic mass is 10.1. The van der Waals surface area contributed by atoms with Gasteiger partial charge in [-0.05, 0) is 68.3 Å². The van der Waals surface area contributed by atoms with Crippen molar-refractivity contribution in [1.29, 1.82) is 0 Å². The summed E-state index contributed by atoms with van der Waals surface area (Å²) in [6.45, 7) is 6.76. The number of benzene rings is 2. The lowest BCUT2D eigenvalue weighted by molar-refractivity contribution is 0.0672. The third kappa shape index (κ3) is 5.95. The van der Waals surface area contributed by atoms with E-state index in [0.29, 0.717) is 24.3 Å². The first kappa shape index (κ1) is 23.2. The van der Waals surface area contributed by atoms with Crippen LogP contribution in [0.4, 0.5) is 20.6 Å². The number of nitrogens with zero attached hydrogens (tertiary/aromatic N) is 2. The van der Waals surface area contributed by atoms with E-state index in [4.69, 9.17) is 0 Å². The summed E-state index contributed by atoms with van der Waals surface area (Å²) in [6, 6.07) is 11.0. The SMILES string of the molecule is CCNC(=O)Nc1ccc(N(C)C)c(CN(C(=O)c2ccc(F)cc2)[C@@H](C)CC)c1. The molecule has 7 heteroatoms. The molecule has 3 amide bonds. The fourth-order valence-corrected chi connectivity index (χ4v) is 3.15. The molecule has 162 valence electrons. The van der Waals surface area contributed by atoms with E-state index in [1.54, 1.807) is 4.90 Å². The number of carbonyl (C=O) groups excluding carboxylic acids is 2. The van der Waals surface area contributed by atoms with Crippen molar-refractivity contribution >= 4 is 23.3 Å². The Kier molecular flexibility index (Phi) is 8.21. The van der Waals surface area contributed by atoms with Gasteiger partial charge in [-0.1, -0.05) is 6.92 Å². The first-order valence-corrected chi connectivity index (χ1v) is 10.2. The smallest absolute Gasteiger partial charge is 0.319 e. The van der Waals surface area contributed by atoms with Crippen LogP contribution in [-0.2, 0) is 6.54 Å². The predicted molar refractivity (Wildman–Crippen MR) is 119 cm³/mol. The summed E-state index contributed by atoms with van der Waals surface area (Å²) >= 11 is 0. The second-order valence-corrected chi connectivity index (χ2v) is 7.42. The molecule has 2 aromatic carbocycles. The normalized spacial score (nSPS) is 11.5. The third-order valence-electron chi connectivity index (χ3n) is 4.97. The van der Waals surface area contributed by atoms with Gasteiger partial charge >= 0.3 is 6.03 Å². The van der Waals surface area contributed by atoms with Crippen LogP contribution in [0.15, 0.2) is 42.5 Å². The van der Waals surface area contributed by atoms with Crippen molar-refractivity contribution in [3.05, 3.63) is 59.4 Å². The molecule has 2 rings (SSSR count). The Morgan fingerprint density at radius 1 is 1.07 bits per heavy atom. The maximum atomic E-state index is 13.3. The minimum Gasteiger partial charge on any atom is -0.377 e. The molecule has 0 radical (unpaired) electrons. The van der Waals surface area contributed by atoms with E-state index in [0.717, 1.165) is 17.7 Å². The van der Waals surface area contributed by atoms with Crippen LogP contribution in [0.3, 0.4) is 0 Å². The Morgan fingerprint density at radius 2 is 1.73 bits per heavy atom. The summed E-state index contributed by atoms with van der Waals surface area (Å²) in [5.41, 5.74) is 2.96. The van der Waals surface area contributed by atoms with Crippen LogP contribution in [0, 0.1) is 5.82 Å². The zero-order valence-electron chi connectivity index (χ0n) is 18.3. The number of hydrogen-bond donors (Lipinski definition) is 2. The van der Waals surface area contributed by atoms with E-state index in [1.807, 2.05) is 58.0 Å². The highest BCUT2D eigenvalue weighted by molar-refractivity contribution is 5.94. The van der Waals surface area contributed by atoms with Gasteiger partial charge in [0.1, 0.15) is 5.82 Å². The number of halogens is 1. The first-order valence-electron chi connectivity index (χ1n) is 10.2. The van der Waals surface area contributed by atoms with Crippen molar-refractivity contribution in [3.8, 4) is 0 Å². The average molecular weight is 415 g/mol. The van der Waals surface area contributed by atoms with Gasteiger partial charge in [-0.3, -0.25) is 4.79 Å². The monoisotopic (exact) mass is 414 g/mol. The number of urea groups is 1. The molecule has 0 spiro atoms. The molecule has 2 N–H and O–H groups in total. The van der Waals surface area contributed by atoms with E-state index in [1.165, 1.54) is 24.3 Å². The zero-order chi connectivity index (χ0) is 22.3. The quantitative estimate of drug-likeness (QED) is 0.670. The van der Waals surface area contributed by atoms with Gasteiger partial charge in [-0.15, -0.1) is 0 Å². The summed E-state index contributed by atoms with van der Waals surface area (Å²) in [7, 11) is 3.87. The largest absolute Gasteiger partial charge is 0.377 e. The van der Waals surface area contributed by atoms with E-state index < -0.39 is 0 Å². The summed E-state index contributed by atoms with van der Waals surface area (Å²) in [5.74, 6) is -0.531. The highest BCUT2D eigenvalue weighted by Crippen LogP contribution is 2.26. The zero-order valence-corrected chi connectivity index (χ0v) is 18.3. The average Bonchev–Trinajstić information content (AvgIpc) is 2.71. The number of amides is 3. The maximum absolute atomic E-state index is 13.3. The highest BCUT2D eigenvalue weighted by Gasteiger charge is 2.22. The molecular weight excluding hydrogens is 383 g/mol. The fraction of sp³-hybridized carbons (Fsp3) is 0.391. The molecule has 0 aliphatic rings. The molecule has 0 saturated heterocycles. The van der Waals surface area contributed by atoms with Crippen LogP contribution in [-0.4, -0.2) is 43.5 Å². The summed E-state index contributed by atoms with van der Waals surface area (Å²) in [6.07, 6.45) is 0.779. The molecule has 0 unspecified atom stereocenters. The fourth-order valence-electron chi connectivity index (χ4n) is 3.15. The third-order valence-corrected chi connectivity index (χ3v) is 4.97. The molecule has 1 atom stereocenters. The molecular formula is C23H31FN4O2. The van der Waals surface area contributed by atoms with Crippen molar-refractivity contribution in [2.45, 2.75) is 39.8 Å². The summed E-state index contributed by atoms with van der Waals surface area (Å²) < 4.78 is 13.3. The standard InChI is InChI=1S/C23H31FN4O2/c1-6-16(3)28(22(29)17-8-10-19(24)11-9-17)15-18-14-20(26-23(30)25-7-2)12-13-21(18)27(4)5/h8-14,16H,6-7,15H2,1-5H3,(H2,25,26,30)/t16-/m0/s1. The molecule has 6 nitrogen and oxygen atoms in total. The van der Waals surface area contributed by atoms with Crippen molar-refractivity contribution in [3.63, 3.8) is 0 Å². The first-order chi connectivity index (χ1) is 14.3. The Labute approximate surface area is 178 Å². The number of hydrogen-bond acceptors (Lipinski definition) is 3. The van der Waals surface area contributed by atoms with Gasteiger partial charge in [0.15, 0.2) is 0 Å². The van der Waals surface area contributed by atoms with Gasteiger partial charge < -0.3 is 20.4 Å². The Morgan fingerprint density at radius 3 is 2.30 bits per heavy atom. The Balaban J connectivity index is 2.38. The number of carbonyl (C=O) groups is 2. The molecule has 2 aromatic rings.